The van der Waals surface area contributed by atoms with Gasteiger partial charge in [0.15, 0.2) is 0 Å². The molecule has 1 heterocycles. The molecule has 0 unspecified atom stereocenters. The Morgan fingerprint density at radius 1 is 1.23 bits per heavy atom. The molecular formula is C10H12N2O. The van der Waals surface area contributed by atoms with Crippen molar-refractivity contribution in [3.63, 3.8) is 0 Å². The number of fused-ring (bicyclic) bond motifs is 1. The molecule has 0 aliphatic carbocycles. The van der Waals surface area contributed by atoms with E-state index in [2.05, 4.69) is 5.32 Å². The SMILES string of the molecule is Nc1ccc2c(c1)CNC(=O)CC2. The number of nitrogen functional groups attached to an aromatic ring is 1. The van der Waals surface area contributed by atoms with E-state index < -0.39 is 0 Å². The van der Waals surface area contributed by atoms with Gasteiger partial charge in [-0.3, -0.25) is 4.79 Å². The molecule has 0 saturated heterocycles. The van der Waals surface area contributed by atoms with E-state index in [1.54, 1.807) is 0 Å². The molecule has 0 saturated carbocycles. The molecule has 3 nitrogen and oxygen atoms in total. The lowest BCUT2D eigenvalue weighted by Crippen LogP contribution is -2.20. The average Bonchev–Trinajstić information content (AvgIpc) is 2.29. The second-order valence-corrected chi connectivity index (χ2v) is 3.30. The maximum Gasteiger partial charge on any atom is 0.220 e. The average molecular weight is 176 g/mol. The van der Waals surface area contributed by atoms with E-state index in [1.807, 2.05) is 18.2 Å². The summed E-state index contributed by atoms with van der Waals surface area (Å²) < 4.78 is 0. The van der Waals surface area contributed by atoms with Gasteiger partial charge in [-0.15, -0.1) is 0 Å². The van der Waals surface area contributed by atoms with Crippen molar-refractivity contribution in [1.29, 1.82) is 0 Å². The molecular weight excluding hydrogens is 164 g/mol. The summed E-state index contributed by atoms with van der Waals surface area (Å²) in [6.07, 6.45) is 1.40. The van der Waals surface area contributed by atoms with Crippen LogP contribution >= 0.6 is 0 Å². The largest absolute Gasteiger partial charge is 0.399 e. The van der Waals surface area contributed by atoms with Crippen LogP contribution in [0.2, 0.25) is 0 Å². The molecule has 1 aliphatic heterocycles. The highest BCUT2D eigenvalue weighted by atomic mass is 16.1. The molecule has 0 spiro atoms. The van der Waals surface area contributed by atoms with Gasteiger partial charge < -0.3 is 11.1 Å². The Morgan fingerprint density at radius 2 is 2.08 bits per heavy atom. The predicted molar refractivity (Wildman–Crippen MR) is 51.0 cm³/mol. The normalized spacial score (nSPS) is 15.8. The number of nitrogens with two attached hydrogens (primary N) is 1. The Labute approximate surface area is 76.9 Å². The first-order valence-electron chi connectivity index (χ1n) is 4.40. The summed E-state index contributed by atoms with van der Waals surface area (Å²) >= 11 is 0. The highest BCUT2D eigenvalue weighted by Crippen LogP contribution is 2.17. The van der Waals surface area contributed by atoms with Crippen LogP contribution in [0.5, 0.6) is 0 Å². The van der Waals surface area contributed by atoms with Crippen molar-refractivity contribution in [2.75, 3.05) is 5.73 Å². The fourth-order valence-corrected chi connectivity index (χ4v) is 1.58. The molecule has 68 valence electrons. The van der Waals surface area contributed by atoms with Crippen molar-refractivity contribution in [3.8, 4) is 0 Å². The lowest BCUT2D eigenvalue weighted by molar-refractivity contribution is -0.121. The number of aryl methyl sites for hydroxylation is 1. The third kappa shape index (κ3) is 1.64. The van der Waals surface area contributed by atoms with Crippen molar-refractivity contribution in [3.05, 3.63) is 29.3 Å². The highest BCUT2D eigenvalue weighted by molar-refractivity contribution is 5.77. The standard InChI is InChI=1S/C10H12N2O/c11-9-3-1-7-2-4-10(13)12-6-8(7)5-9/h1,3,5H,2,4,6,11H2,(H,12,13). The van der Waals surface area contributed by atoms with Crippen LogP contribution in [0.3, 0.4) is 0 Å². The number of hydrogen-bond acceptors (Lipinski definition) is 2. The summed E-state index contributed by atoms with van der Waals surface area (Å²) in [5.74, 6) is 0.120. The molecule has 13 heavy (non-hydrogen) atoms. The van der Waals surface area contributed by atoms with Crippen LogP contribution < -0.4 is 11.1 Å². The summed E-state index contributed by atoms with van der Waals surface area (Å²) in [5.41, 5.74) is 8.79. The van der Waals surface area contributed by atoms with Crippen LogP contribution in [0.1, 0.15) is 17.5 Å². The minimum Gasteiger partial charge on any atom is -0.399 e. The Kier molecular flexibility index (Phi) is 1.93. The molecule has 3 heteroatoms. The Morgan fingerprint density at radius 3 is 2.92 bits per heavy atom. The number of hydrogen-bond donors (Lipinski definition) is 2. The van der Waals surface area contributed by atoms with Crippen molar-refractivity contribution in [1.82, 2.24) is 5.32 Å². The summed E-state index contributed by atoms with van der Waals surface area (Å²) in [7, 11) is 0. The van der Waals surface area contributed by atoms with Crippen molar-refractivity contribution in [2.45, 2.75) is 19.4 Å². The number of benzene rings is 1. The van der Waals surface area contributed by atoms with Crippen LogP contribution in [-0.4, -0.2) is 5.91 Å². The Balaban J connectivity index is 2.35. The van der Waals surface area contributed by atoms with Crippen molar-refractivity contribution >= 4 is 11.6 Å². The van der Waals surface area contributed by atoms with Gasteiger partial charge in [0.2, 0.25) is 5.91 Å². The molecule has 3 N–H and O–H groups in total. The van der Waals surface area contributed by atoms with Gasteiger partial charge in [0.05, 0.1) is 0 Å². The summed E-state index contributed by atoms with van der Waals surface area (Å²) in [4.78, 5) is 11.1. The van der Waals surface area contributed by atoms with Crippen LogP contribution in [0, 0.1) is 0 Å². The van der Waals surface area contributed by atoms with Crippen LogP contribution in [0.25, 0.3) is 0 Å². The van der Waals surface area contributed by atoms with Gasteiger partial charge in [-0.1, -0.05) is 6.07 Å². The molecule has 0 aromatic heterocycles. The van der Waals surface area contributed by atoms with Gasteiger partial charge in [0.1, 0.15) is 0 Å². The minimum atomic E-state index is 0.120. The van der Waals surface area contributed by atoms with E-state index in [1.165, 1.54) is 5.56 Å². The fourth-order valence-electron chi connectivity index (χ4n) is 1.58. The van der Waals surface area contributed by atoms with E-state index in [0.717, 1.165) is 17.7 Å². The quantitative estimate of drug-likeness (QED) is 0.575. The number of carbonyl (C=O) groups excluding carboxylic acids is 1. The summed E-state index contributed by atoms with van der Waals surface area (Å²) in [6.45, 7) is 0.610. The van der Waals surface area contributed by atoms with Gasteiger partial charge in [-0.2, -0.15) is 0 Å². The van der Waals surface area contributed by atoms with E-state index in [0.29, 0.717) is 13.0 Å². The van der Waals surface area contributed by atoms with E-state index >= 15 is 0 Å². The van der Waals surface area contributed by atoms with Crippen LogP contribution in [-0.2, 0) is 17.8 Å². The number of carbonyl (C=O) groups is 1. The molecule has 0 fully saturated rings. The first-order valence-corrected chi connectivity index (χ1v) is 4.40. The van der Waals surface area contributed by atoms with E-state index in [9.17, 15) is 4.79 Å². The first-order chi connectivity index (χ1) is 6.25. The smallest absolute Gasteiger partial charge is 0.220 e. The lowest BCUT2D eigenvalue weighted by atomic mass is 10.0. The molecule has 0 radical (unpaired) electrons. The number of amides is 1. The minimum absolute atomic E-state index is 0.120. The second-order valence-electron chi connectivity index (χ2n) is 3.30. The maximum absolute atomic E-state index is 11.1. The van der Waals surface area contributed by atoms with Crippen molar-refractivity contribution in [2.24, 2.45) is 0 Å². The monoisotopic (exact) mass is 176 g/mol. The van der Waals surface area contributed by atoms with E-state index in [4.69, 9.17) is 5.73 Å². The van der Waals surface area contributed by atoms with Gasteiger partial charge >= 0.3 is 0 Å². The Bertz CT molecular complexity index is 347. The number of nitrogens with one attached hydrogen (secondary N) is 1. The zero-order chi connectivity index (χ0) is 9.26. The lowest BCUT2D eigenvalue weighted by Gasteiger charge is -2.05. The number of rotatable bonds is 0. The summed E-state index contributed by atoms with van der Waals surface area (Å²) in [6, 6.07) is 5.82. The van der Waals surface area contributed by atoms with E-state index in [-0.39, 0.29) is 5.91 Å². The summed E-state index contributed by atoms with van der Waals surface area (Å²) in [5, 5.41) is 2.83. The van der Waals surface area contributed by atoms with Gasteiger partial charge in [-0.25, -0.2) is 0 Å². The molecule has 1 aliphatic rings. The number of anilines is 1. The molecule has 0 bridgehead atoms. The predicted octanol–water partition coefficient (Wildman–Crippen LogP) is 0.831. The molecule has 1 amide bonds. The molecule has 0 atom stereocenters. The molecule has 2 rings (SSSR count). The van der Waals surface area contributed by atoms with Gasteiger partial charge in [0, 0.05) is 18.7 Å². The van der Waals surface area contributed by atoms with Gasteiger partial charge in [-0.05, 0) is 29.7 Å². The highest BCUT2D eigenvalue weighted by Gasteiger charge is 2.11. The topological polar surface area (TPSA) is 55.1 Å². The first kappa shape index (κ1) is 8.10. The Hall–Kier alpha value is -1.51. The van der Waals surface area contributed by atoms with Crippen LogP contribution in [0.15, 0.2) is 18.2 Å². The third-order valence-corrected chi connectivity index (χ3v) is 2.33. The van der Waals surface area contributed by atoms with Crippen molar-refractivity contribution < 1.29 is 4.79 Å². The zero-order valence-corrected chi connectivity index (χ0v) is 7.34. The van der Waals surface area contributed by atoms with Gasteiger partial charge in [0.25, 0.3) is 0 Å². The second kappa shape index (κ2) is 3.09. The zero-order valence-electron chi connectivity index (χ0n) is 7.34. The molecule has 1 aromatic rings. The van der Waals surface area contributed by atoms with Crippen LogP contribution in [0.4, 0.5) is 5.69 Å². The third-order valence-electron chi connectivity index (χ3n) is 2.33. The fraction of sp³-hybridized carbons (Fsp3) is 0.300. The maximum atomic E-state index is 11.1. The molecule has 1 aromatic carbocycles.